The second kappa shape index (κ2) is 18.0. The van der Waals surface area contributed by atoms with Gasteiger partial charge in [-0.15, -0.1) is 0 Å². The van der Waals surface area contributed by atoms with Gasteiger partial charge in [0, 0.05) is 0 Å². The highest BCUT2D eigenvalue weighted by molar-refractivity contribution is 5.23. The van der Waals surface area contributed by atoms with Gasteiger partial charge in [0.15, 0.2) is 0 Å². The molecule has 0 aliphatic heterocycles. The Bertz CT molecular complexity index is 169. The Morgan fingerprint density at radius 1 is 1.21 bits per heavy atom. The number of hydrogen-bond donors (Lipinski definition) is 1. The van der Waals surface area contributed by atoms with Crippen molar-refractivity contribution in [3.8, 4) is 0 Å². The standard InChI is InChI=1S/C10H16.C2H6.FH.H3N/c1-5-9(3)7-8-10(4)6-2;1-2;;/h6-8H,3,5H2,1-2,4H3;1-2H3;1H;1H3/b8-7-,10-6-;;;. The summed E-state index contributed by atoms with van der Waals surface area (Å²) in [5.74, 6) is 0. The molecule has 14 heavy (non-hydrogen) atoms. The maximum Gasteiger partial charge on any atom is -0.0313 e. The first-order valence-corrected chi connectivity index (χ1v) is 4.69. The van der Waals surface area contributed by atoms with E-state index in [2.05, 4.69) is 38.7 Å². The number of rotatable bonds is 3. The van der Waals surface area contributed by atoms with Crippen LogP contribution < -0.4 is 6.15 Å². The van der Waals surface area contributed by atoms with Crippen LogP contribution in [-0.2, 0) is 0 Å². The minimum absolute atomic E-state index is 0. The molecule has 0 atom stereocenters. The predicted molar refractivity (Wildman–Crippen MR) is 66.9 cm³/mol. The van der Waals surface area contributed by atoms with Crippen LogP contribution in [0.2, 0.25) is 0 Å². The molecule has 0 aliphatic carbocycles. The molecule has 0 amide bonds. The van der Waals surface area contributed by atoms with Gasteiger partial charge in [0.1, 0.15) is 0 Å². The average molecular weight is 203 g/mol. The summed E-state index contributed by atoms with van der Waals surface area (Å²) in [7, 11) is 0. The molecule has 3 N–H and O–H groups in total. The fourth-order valence-corrected chi connectivity index (χ4v) is 0.463. The van der Waals surface area contributed by atoms with Crippen LogP contribution in [0.15, 0.2) is 36.0 Å². The van der Waals surface area contributed by atoms with Gasteiger partial charge in [-0.05, 0) is 20.3 Å². The molecule has 86 valence electrons. The van der Waals surface area contributed by atoms with Crippen LogP contribution in [-0.4, -0.2) is 0 Å². The van der Waals surface area contributed by atoms with E-state index >= 15 is 0 Å². The molecule has 0 spiro atoms. The zero-order chi connectivity index (χ0) is 9.98. The molecular weight excluding hydrogens is 177 g/mol. The summed E-state index contributed by atoms with van der Waals surface area (Å²) in [4.78, 5) is 0. The van der Waals surface area contributed by atoms with E-state index in [1.807, 2.05) is 20.8 Å². The molecule has 0 aliphatic rings. The fraction of sp³-hybridized carbons (Fsp3) is 0.500. The summed E-state index contributed by atoms with van der Waals surface area (Å²) in [5, 5.41) is 0. The number of halogens is 1. The van der Waals surface area contributed by atoms with Crippen molar-refractivity contribution in [1.29, 1.82) is 0 Å². The van der Waals surface area contributed by atoms with Crippen molar-refractivity contribution in [2.24, 2.45) is 0 Å². The van der Waals surface area contributed by atoms with E-state index in [1.54, 1.807) is 0 Å². The van der Waals surface area contributed by atoms with E-state index < -0.39 is 0 Å². The summed E-state index contributed by atoms with van der Waals surface area (Å²) in [6.45, 7) is 14.1. The van der Waals surface area contributed by atoms with Crippen LogP contribution in [0, 0.1) is 0 Å². The molecule has 0 unspecified atom stereocenters. The van der Waals surface area contributed by atoms with Gasteiger partial charge >= 0.3 is 0 Å². The first kappa shape index (κ1) is 23.2. The highest BCUT2D eigenvalue weighted by Crippen LogP contribution is 2.01. The first-order chi connectivity index (χ1) is 5.70. The van der Waals surface area contributed by atoms with Crippen LogP contribution in [0.5, 0.6) is 0 Å². The van der Waals surface area contributed by atoms with Gasteiger partial charge in [0.05, 0.1) is 0 Å². The van der Waals surface area contributed by atoms with Crippen LogP contribution in [0.4, 0.5) is 4.70 Å². The molecule has 0 aromatic heterocycles. The van der Waals surface area contributed by atoms with Crippen LogP contribution in [0.25, 0.3) is 0 Å². The smallest absolute Gasteiger partial charge is 0.0313 e. The van der Waals surface area contributed by atoms with Crippen LogP contribution >= 0.6 is 0 Å². The highest BCUT2D eigenvalue weighted by Gasteiger charge is 1.80. The van der Waals surface area contributed by atoms with E-state index in [-0.39, 0.29) is 10.9 Å². The van der Waals surface area contributed by atoms with Gasteiger partial charge in [-0.3, -0.25) is 4.70 Å². The Hall–Kier alpha value is -0.890. The molecule has 0 bridgehead atoms. The largest absolute Gasteiger partial charge is 0.344 e. The highest BCUT2D eigenvalue weighted by atomic mass is 19.0. The SMILES string of the molecule is C=C(/C=C\C(C)=C/C)CC.CC.F.N. The molecule has 1 nitrogen and oxygen atoms in total. The fourth-order valence-electron chi connectivity index (χ4n) is 0.463. The molecule has 2 heteroatoms. The van der Waals surface area contributed by atoms with Gasteiger partial charge in [-0.1, -0.05) is 56.7 Å². The zero-order valence-corrected chi connectivity index (χ0v) is 10.3. The first-order valence-electron chi connectivity index (χ1n) is 4.69. The van der Waals surface area contributed by atoms with Crippen LogP contribution in [0.1, 0.15) is 41.0 Å². The third-order valence-electron chi connectivity index (χ3n) is 1.49. The van der Waals surface area contributed by atoms with E-state index in [0.29, 0.717) is 0 Å². The second-order valence-electron chi connectivity index (χ2n) is 2.38. The minimum atomic E-state index is 0. The second-order valence-corrected chi connectivity index (χ2v) is 2.38. The lowest BCUT2D eigenvalue weighted by Gasteiger charge is -1.91. The molecule has 0 fully saturated rings. The van der Waals surface area contributed by atoms with Crippen molar-refractivity contribution in [1.82, 2.24) is 6.15 Å². The zero-order valence-electron chi connectivity index (χ0n) is 10.3. The Morgan fingerprint density at radius 3 is 1.93 bits per heavy atom. The van der Waals surface area contributed by atoms with E-state index in [4.69, 9.17) is 0 Å². The lowest BCUT2D eigenvalue weighted by Crippen LogP contribution is -1.70. The molecule has 0 radical (unpaired) electrons. The lowest BCUT2D eigenvalue weighted by atomic mass is 10.2. The van der Waals surface area contributed by atoms with Gasteiger partial charge in [-0.25, -0.2) is 0 Å². The number of hydrogen-bond acceptors (Lipinski definition) is 1. The maximum atomic E-state index is 3.87. The van der Waals surface area contributed by atoms with E-state index in [9.17, 15) is 0 Å². The average Bonchev–Trinajstić information content (AvgIpc) is 2.16. The molecule has 0 aromatic rings. The van der Waals surface area contributed by atoms with Crippen molar-refractivity contribution < 1.29 is 4.70 Å². The Kier molecular flexibility index (Phi) is 29.8. The summed E-state index contributed by atoms with van der Waals surface area (Å²) >= 11 is 0. The Balaban J connectivity index is -0.000000117. The molecule has 0 saturated carbocycles. The third-order valence-corrected chi connectivity index (χ3v) is 1.49. The van der Waals surface area contributed by atoms with E-state index in [1.165, 1.54) is 11.1 Å². The van der Waals surface area contributed by atoms with Gasteiger partial charge in [0.2, 0.25) is 0 Å². The summed E-state index contributed by atoms with van der Waals surface area (Å²) in [5.41, 5.74) is 2.47. The van der Waals surface area contributed by atoms with Crippen molar-refractivity contribution >= 4 is 0 Å². The summed E-state index contributed by atoms with van der Waals surface area (Å²) in [6, 6.07) is 0. The van der Waals surface area contributed by atoms with Gasteiger partial charge in [0.25, 0.3) is 0 Å². The van der Waals surface area contributed by atoms with Gasteiger partial charge < -0.3 is 6.15 Å². The van der Waals surface area contributed by atoms with Crippen molar-refractivity contribution in [3.05, 3.63) is 36.0 Å². The normalized spacial score (nSPS) is 9.36. The quantitative estimate of drug-likeness (QED) is 0.656. The van der Waals surface area contributed by atoms with Crippen molar-refractivity contribution in [3.63, 3.8) is 0 Å². The van der Waals surface area contributed by atoms with Gasteiger partial charge in [-0.2, -0.15) is 0 Å². The van der Waals surface area contributed by atoms with E-state index in [0.717, 1.165) is 6.42 Å². The van der Waals surface area contributed by atoms with Crippen molar-refractivity contribution in [2.45, 2.75) is 41.0 Å². The third kappa shape index (κ3) is 17.3. The Morgan fingerprint density at radius 2 is 1.64 bits per heavy atom. The monoisotopic (exact) mass is 203 g/mol. The lowest BCUT2D eigenvalue weighted by molar-refractivity contribution is 1.11. The topological polar surface area (TPSA) is 35.0 Å². The molecule has 0 heterocycles. The Labute approximate surface area is 88.6 Å². The predicted octanol–water partition coefficient (Wildman–Crippen LogP) is 4.82. The van der Waals surface area contributed by atoms with Crippen molar-refractivity contribution in [2.75, 3.05) is 0 Å². The molecule has 0 aromatic carbocycles. The molecular formula is C12H26FN. The maximum absolute atomic E-state index is 3.87. The number of allylic oxidation sites excluding steroid dienone is 5. The molecule has 0 rings (SSSR count). The molecule has 0 saturated heterocycles. The van der Waals surface area contributed by atoms with Crippen LogP contribution in [0.3, 0.4) is 0 Å². The summed E-state index contributed by atoms with van der Waals surface area (Å²) in [6.07, 6.45) is 7.27. The summed E-state index contributed by atoms with van der Waals surface area (Å²) < 4.78 is 0. The minimum Gasteiger partial charge on any atom is -0.344 e.